The molecular formula is C15H22FNO3. The van der Waals surface area contributed by atoms with Gasteiger partial charge in [-0.2, -0.15) is 0 Å². The predicted octanol–water partition coefficient (Wildman–Crippen LogP) is 2.54. The maximum atomic E-state index is 13.7. The monoisotopic (exact) mass is 283 g/mol. The second-order valence-corrected chi connectivity index (χ2v) is 5.12. The van der Waals surface area contributed by atoms with Crippen molar-refractivity contribution in [1.82, 2.24) is 4.90 Å². The van der Waals surface area contributed by atoms with Crippen LogP contribution in [0.5, 0.6) is 11.5 Å². The zero-order valence-electron chi connectivity index (χ0n) is 12.1. The summed E-state index contributed by atoms with van der Waals surface area (Å²) in [6.45, 7) is 5.07. The molecule has 1 aromatic rings. The van der Waals surface area contributed by atoms with Crippen molar-refractivity contribution >= 4 is 0 Å². The lowest BCUT2D eigenvalue weighted by Crippen LogP contribution is -2.44. The van der Waals surface area contributed by atoms with E-state index in [4.69, 9.17) is 9.47 Å². The molecule has 1 saturated heterocycles. The number of morpholine rings is 1. The van der Waals surface area contributed by atoms with Crippen molar-refractivity contribution in [3.05, 3.63) is 23.5 Å². The number of hydrogen-bond donors (Lipinski definition) is 1. The Morgan fingerprint density at radius 3 is 3.00 bits per heavy atom. The summed E-state index contributed by atoms with van der Waals surface area (Å²) in [4.78, 5) is 2.30. The molecule has 5 heteroatoms. The quantitative estimate of drug-likeness (QED) is 0.901. The zero-order chi connectivity index (χ0) is 14.5. The molecule has 1 fully saturated rings. The molecule has 0 unspecified atom stereocenters. The minimum atomic E-state index is -0.639. The number of benzene rings is 1. The van der Waals surface area contributed by atoms with E-state index < -0.39 is 11.6 Å². The number of ether oxygens (including phenoxy) is 2. The van der Waals surface area contributed by atoms with Crippen molar-refractivity contribution in [3.8, 4) is 11.5 Å². The van der Waals surface area contributed by atoms with Crippen molar-refractivity contribution < 1.29 is 19.0 Å². The number of halogens is 1. The smallest absolute Gasteiger partial charge is 0.194 e. The van der Waals surface area contributed by atoms with Gasteiger partial charge in [-0.1, -0.05) is 13.3 Å². The van der Waals surface area contributed by atoms with Crippen LogP contribution in [0.2, 0.25) is 0 Å². The summed E-state index contributed by atoms with van der Waals surface area (Å²) >= 11 is 0. The van der Waals surface area contributed by atoms with E-state index in [0.717, 1.165) is 31.6 Å². The predicted molar refractivity (Wildman–Crippen MR) is 74.5 cm³/mol. The molecule has 112 valence electrons. The number of aromatic hydroxyl groups is 1. The van der Waals surface area contributed by atoms with Gasteiger partial charge in [0.2, 0.25) is 0 Å². The number of phenolic OH excluding ortho intramolecular Hbond substituents is 1. The number of rotatable bonds is 5. The summed E-state index contributed by atoms with van der Waals surface area (Å²) in [6, 6.07) is 3.43. The van der Waals surface area contributed by atoms with Crippen LogP contribution in [0.4, 0.5) is 4.39 Å². The van der Waals surface area contributed by atoms with E-state index >= 15 is 0 Å². The largest absolute Gasteiger partial charge is 0.502 e. The summed E-state index contributed by atoms with van der Waals surface area (Å²) < 4.78 is 24.2. The third-order valence-corrected chi connectivity index (χ3v) is 3.67. The zero-order valence-corrected chi connectivity index (χ0v) is 12.1. The lowest BCUT2D eigenvalue weighted by atomic mass is 10.1. The summed E-state index contributed by atoms with van der Waals surface area (Å²) in [5.74, 6) is -0.886. The van der Waals surface area contributed by atoms with Crippen molar-refractivity contribution in [2.75, 3.05) is 26.9 Å². The van der Waals surface area contributed by atoms with E-state index in [9.17, 15) is 9.50 Å². The van der Waals surface area contributed by atoms with Crippen molar-refractivity contribution in [2.45, 2.75) is 32.4 Å². The van der Waals surface area contributed by atoms with Crippen LogP contribution in [-0.2, 0) is 11.3 Å². The number of phenols is 1. The van der Waals surface area contributed by atoms with Gasteiger partial charge in [0.1, 0.15) is 0 Å². The van der Waals surface area contributed by atoms with Crippen LogP contribution in [-0.4, -0.2) is 42.9 Å². The molecule has 1 aliphatic heterocycles. The van der Waals surface area contributed by atoms with Gasteiger partial charge in [-0.05, 0) is 24.1 Å². The summed E-state index contributed by atoms with van der Waals surface area (Å²) in [5.41, 5.74) is 0.806. The Hall–Kier alpha value is -1.33. The molecule has 1 N–H and O–H groups in total. The molecule has 1 aliphatic rings. The fourth-order valence-corrected chi connectivity index (χ4v) is 2.61. The molecule has 0 aliphatic carbocycles. The van der Waals surface area contributed by atoms with E-state index in [1.165, 1.54) is 13.2 Å². The average Bonchev–Trinajstić information content (AvgIpc) is 2.45. The highest BCUT2D eigenvalue weighted by atomic mass is 19.1. The minimum absolute atomic E-state index is 0.181. The third kappa shape index (κ3) is 3.41. The number of nitrogens with zero attached hydrogens (tertiary/aromatic N) is 1. The average molecular weight is 283 g/mol. The first-order valence-corrected chi connectivity index (χ1v) is 7.02. The van der Waals surface area contributed by atoms with Gasteiger partial charge in [0, 0.05) is 19.1 Å². The molecule has 0 saturated carbocycles. The van der Waals surface area contributed by atoms with Gasteiger partial charge < -0.3 is 14.6 Å². The molecule has 0 radical (unpaired) electrons. The van der Waals surface area contributed by atoms with E-state index in [1.54, 1.807) is 6.07 Å². The Balaban J connectivity index is 2.13. The molecule has 1 atom stereocenters. The first-order valence-electron chi connectivity index (χ1n) is 7.02. The van der Waals surface area contributed by atoms with Gasteiger partial charge in [0.05, 0.1) is 20.3 Å². The van der Waals surface area contributed by atoms with Gasteiger partial charge in [-0.3, -0.25) is 4.90 Å². The Morgan fingerprint density at radius 1 is 1.50 bits per heavy atom. The molecule has 0 aromatic heterocycles. The standard InChI is InChI=1S/C15H22FNO3/c1-3-4-12-10-20-6-5-17(12)9-11-7-13(16)15(18)14(8-11)19-2/h7-8,12,18H,3-6,9-10H2,1-2H3/t12-/m1/s1. The maximum absolute atomic E-state index is 13.7. The van der Waals surface area contributed by atoms with Crippen LogP contribution in [0.3, 0.4) is 0 Å². The summed E-state index contributed by atoms with van der Waals surface area (Å²) in [6.07, 6.45) is 2.16. The van der Waals surface area contributed by atoms with Crippen LogP contribution >= 0.6 is 0 Å². The fraction of sp³-hybridized carbons (Fsp3) is 0.600. The van der Waals surface area contributed by atoms with Gasteiger partial charge in [0.25, 0.3) is 0 Å². The molecule has 0 amide bonds. The molecular weight excluding hydrogens is 261 g/mol. The van der Waals surface area contributed by atoms with Crippen LogP contribution in [0.1, 0.15) is 25.3 Å². The van der Waals surface area contributed by atoms with Crippen molar-refractivity contribution in [2.24, 2.45) is 0 Å². The highest BCUT2D eigenvalue weighted by molar-refractivity contribution is 5.43. The first-order chi connectivity index (χ1) is 9.65. The molecule has 0 bridgehead atoms. The molecule has 20 heavy (non-hydrogen) atoms. The Labute approximate surface area is 119 Å². The Kier molecular flexibility index (Phi) is 5.20. The van der Waals surface area contributed by atoms with Gasteiger partial charge in [0.15, 0.2) is 17.3 Å². The normalized spacial score (nSPS) is 20.1. The van der Waals surface area contributed by atoms with Gasteiger partial charge >= 0.3 is 0 Å². The van der Waals surface area contributed by atoms with E-state index in [1.807, 2.05) is 0 Å². The molecule has 2 rings (SSSR count). The third-order valence-electron chi connectivity index (χ3n) is 3.67. The van der Waals surface area contributed by atoms with Crippen LogP contribution in [0.25, 0.3) is 0 Å². The van der Waals surface area contributed by atoms with Crippen molar-refractivity contribution in [1.29, 1.82) is 0 Å². The Bertz CT molecular complexity index is 451. The minimum Gasteiger partial charge on any atom is -0.502 e. The SMILES string of the molecule is CCC[C@@H]1COCCN1Cc1cc(F)c(O)c(OC)c1. The Morgan fingerprint density at radius 2 is 2.30 bits per heavy atom. The number of methoxy groups -OCH3 is 1. The van der Waals surface area contributed by atoms with Crippen LogP contribution < -0.4 is 4.74 Å². The van der Waals surface area contributed by atoms with Gasteiger partial charge in [-0.15, -0.1) is 0 Å². The van der Waals surface area contributed by atoms with Gasteiger partial charge in [-0.25, -0.2) is 4.39 Å². The second-order valence-electron chi connectivity index (χ2n) is 5.12. The highest BCUT2D eigenvalue weighted by Gasteiger charge is 2.23. The molecule has 1 aromatic carbocycles. The first kappa shape index (κ1) is 15.1. The van der Waals surface area contributed by atoms with Crippen LogP contribution in [0, 0.1) is 5.82 Å². The second kappa shape index (κ2) is 6.90. The molecule has 0 spiro atoms. The topological polar surface area (TPSA) is 41.9 Å². The maximum Gasteiger partial charge on any atom is 0.194 e. The summed E-state index contributed by atoms with van der Waals surface area (Å²) in [7, 11) is 1.42. The van der Waals surface area contributed by atoms with E-state index in [2.05, 4.69) is 11.8 Å². The lowest BCUT2D eigenvalue weighted by Gasteiger charge is -2.35. The van der Waals surface area contributed by atoms with E-state index in [0.29, 0.717) is 19.2 Å². The summed E-state index contributed by atoms with van der Waals surface area (Å²) in [5, 5.41) is 9.53. The number of hydrogen-bond acceptors (Lipinski definition) is 4. The van der Waals surface area contributed by atoms with Crippen LogP contribution in [0.15, 0.2) is 12.1 Å². The molecule has 1 heterocycles. The fourth-order valence-electron chi connectivity index (χ4n) is 2.61. The lowest BCUT2D eigenvalue weighted by molar-refractivity contribution is -0.0147. The van der Waals surface area contributed by atoms with Crippen molar-refractivity contribution in [3.63, 3.8) is 0 Å². The molecule has 4 nitrogen and oxygen atoms in total. The highest BCUT2D eigenvalue weighted by Crippen LogP contribution is 2.31. The van der Waals surface area contributed by atoms with E-state index in [-0.39, 0.29) is 5.75 Å².